The third-order valence-corrected chi connectivity index (χ3v) is 15.0. The third-order valence-electron chi connectivity index (χ3n) is 14.7. The zero-order chi connectivity index (χ0) is 45.6. The molecule has 2 aliphatic heterocycles. The molecule has 340 valence electrons. The van der Waals surface area contributed by atoms with Crippen LogP contribution in [0.2, 0.25) is 5.02 Å². The SMILES string of the molecule is COC(=O)N1c2ccc3c(nc(Cc4ccccc4)n3[C@@H]3CCC[C@@H](CN4CCN(c5ncc(C(=O)NC6C(C)(C)C(Oc7ccc(C#N)c(Cl)c7)C6(C)C)cn5)CC4)C3)c2CC[C@@H]1C. The Morgan fingerprint density at radius 3 is 2.38 bits per heavy atom. The topological polar surface area (TPSA) is 142 Å². The highest BCUT2D eigenvalue weighted by Gasteiger charge is 2.64. The number of nitrogens with one attached hydrogen (secondary N) is 1. The fourth-order valence-corrected chi connectivity index (χ4v) is 11.9. The van der Waals surface area contributed by atoms with E-state index in [0.29, 0.717) is 39.8 Å². The van der Waals surface area contributed by atoms with E-state index in [1.54, 1.807) is 35.5 Å². The first-order chi connectivity index (χ1) is 31.3. The van der Waals surface area contributed by atoms with Crippen LogP contribution in [0.25, 0.3) is 11.0 Å². The van der Waals surface area contributed by atoms with Crippen molar-refractivity contribution < 1.29 is 19.1 Å². The first-order valence-corrected chi connectivity index (χ1v) is 23.5. The number of nitriles is 1. The summed E-state index contributed by atoms with van der Waals surface area (Å²) < 4.78 is 14.2. The average Bonchev–Trinajstić information content (AvgIpc) is 3.68. The number of fused-ring (bicyclic) bond motifs is 3. The Kier molecular flexibility index (Phi) is 12.3. The van der Waals surface area contributed by atoms with Gasteiger partial charge in [0.15, 0.2) is 0 Å². The Balaban J connectivity index is 0.822. The fourth-order valence-electron chi connectivity index (χ4n) is 11.7. The van der Waals surface area contributed by atoms with E-state index in [0.717, 1.165) is 92.9 Å². The van der Waals surface area contributed by atoms with Gasteiger partial charge < -0.3 is 24.3 Å². The highest BCUT2D eigenvalue weighted by atomic mass is 35.5. The molecule has 13 nitrogen and oxygen atoms in total. The molecule has 2 amide bonds. The second-order valence-electron chi connectivity index (χ2n) is 19.8. The number of amides is 2. The van der Waals surface area contributed by atoms with Gasteiger partial charge in [-0.25, -0.2) is 19.7 Å². The number of hydrogen-bond acceptors (Lipinski definition) is 10. The number of aromatic nitrogens is 4. The maximum atomic E-state index is 13.6. The highest BCUT2D eigenvalue weighted by Crippen LogP contribution is 2.55. The van der Waals surface area contributed by atoms with E-state index >= 15 is 0 Å². The molecular weight excluding hydrogens is 838 g/mol. The molecular formula is C51H60ClN9O4. The van der Waals surface area contributed by atoms with Crippen LogP contribution in [0.4, 0.5) is 16.4 Å². The highest BCUT2D eigenvalue weighted by molar-refractivity contribution is 6.31. The van der Waals surface area contributed by atoms with Gasteiger partial charge in [0.25, 0.3) is 5.91 Å². The van der Waals surface area contributed by atoms with Crippen molar-refractivity contribution in [2.24, 2.45) is 16.7 Å². The molecule has 2 aromatic heterocycles. The number of anilines is 2. The van der Waals surface area contributed by atoms with E-state index in [9.17, 15) is 14.9 Å². The van der Waals surface area contributed by atoms with E-state index in [-0.39, 0.29) is 41.0 Å². The standard InChI is InChI=1S/C51H60ClN9O4/c1-32-15-18-39-41(60(32)49(63)64-6)19-20-42-44(39)56-43(26-33-11-8-7-9-12-33)61(42)37-14-10-13-34(25-37)31-58-21-23-59(24-22-58)48-54-29-36(30-55-48)45(62)57-46-50(2,3)47(51(46,4)5)65-38-17-16-35(28-53)40(52)27-38/h7-9,11-12,16-17,19-20,27,29-30,32,34,37,46-47H,10,13-15,18,21-26,31H2,1-6H3,(H,57,62)/t32-,34+,37+,46?,47?/m0/s1. The molecule has 3 atom stereocenters. The number of carbonyl (C=O) groups is 2. The minimum atomic E-state index is -0.382. The number of methoxy groups -OCH3 is 1. The molecule has 4 heterocycles. The summed E-state index contributed by atoms with van der Waals surface area (Å²) in [7, 11) is 1.45. The average molecular weight is 899 g/mol. The number of halogens is 1. The van der Waals surface area contributed by atoms with Crippen molar-refractivity contribution in [1.29, 1.82) is 5.26 Å². The van der Waals surface area contributed by atoms with Gasteiger partial charge in [-0.3, -0.25) is 14.6 Å². The number of imidazole rings is 1. The molecule has 1 N–H and O–H groups in total. The van der Waals surface area contributed by atoms with Crippen LogP contribution in [0, 0.1) is 28.1 Å². The van der Waals surface area contributed by atoms with Crippen LogP contribution >= 0.6 is 11.6 Å². The Labute approximate surface area is 387 Å². The van der Waals surface area contributed by atoms with Crippen molar-refractivity contribution in [2.45, 2.75) is 104 Å². The van der Waals surface area contributed by atoms with Crippen LogP contribution < -0.4 is 19.9 Å². The van der Waals surface area contributed by atoms with Crippen LogP contribution in [-0.4, -0.2) is 94.4 Å². The van der Waals surface area contributed by atoms with Crippen molar-refractivity contribution >= 4 is 46.3 Å². The van der Waals surface area contributed by atoms with Crippen molar-refractivity contribution in [3.05, 3.63) is 106 Å². The van der Waals surface area contributed by atoms with E-state index < -0.39 is 0 Å². The molecule has 2 aliphatic carbocycles. The number of ether oxygens (including phenoxy) is 2. The zero-order valence-corrected chi connectivity index (χ0v) is 39.1. The molecule has 0 unspecified atom stereocenters. The minimum absolute atomic E-state index is 0.0601. The molecule has 65 heavy (non-hydrogen) atoms. The summed E-state index contributed by atoms with van der Waals surface area (Å²) in [4.78, 5) is 47.9. The summed E-state index contributed by atoms with van der Waals surface area (Å²) in [6.07, 6.45) is 9.83. The molecule has 5 aromatic rings. The summed E-state index contributed by atoms with van der Waals surface area (Å²) >= 11 is 6.28. The molecule has 1 saturated heterocycles. The van der Waals surface area contributed by atoms with Gasteiger partial charge >= 0.3 is 6.09 Å². The number of piperazine rings is 1. The summed E-state index contributed by atoms with van der Waals surface area (Å²) in [5, 5.41) is 12.9. The maximum Gasteiger partial charge on any atom is 0.414 e. The molecule has 9 rings (SSSR count). The predicted octanol–water partition coefficient (Wildman–Crippen LogP) is 9.02. The molecule has 4 aliphatic rings. The molecule has 0 spiro atoms. The summed E-state index contributed by atoms with van der Waals surface area (Å²) in [5.41, 5.74) is 5.53. The molecule has 3 aromatic carbocycles. The van der Waals surface area contributed by atoms with Crippen molar-refractivity contribution in [2.75, 3.05) is 49.6 Å². The van der Waals surface area contributed by atoms with Crippen molar-refractivity contribution in [1.82, 2.24) is 29.7 Å². The lowest BCUT2D eigenvalue weighted by molar-refractivity contribution is -0.164. The van der Waals surface area contributed by atoms with Crippen LogP contribution in [0.3, 0.4) is 0 Å². The molecule has 0 radical (unpaired) electrons. The van der Waals surface area contributed by atoms with Gasteiger partial charge in [-0.2, -0.15) is 5.26 Å². The first-order valence-electron chi connectivity index (χ1n) is 23.2. The lowest BCUT2D eigenvalue weighted by Crippen LogP contribution is -2.74. The van der Waals surface area contributed by atoms with E-state index in [4.69, 9.17) is 26.1 Å². The van der Waals surface area contributed by atoms with Gasteiger partial charge in [-0.15, -0.1) is 0 Å². The van der Waals surface area contributed by atoms with Gasteiger partial charge in [-0.05, 0) is 74.8 Å². The van der Waals surface area contributed by atoms with Crippen LogP contribution in [0.5, 0.6) is 5.75 Å². The Morgan fingerprint density at radius 2 is 1.69 bits per heavy atom. The largest absolute Gasteiger partial charge is 0.489 e. The Morgan fingerprint density at radius 1 is 0.954 bits per heavy atom. The number of rotatable bonds is 10. The maximum absolute atomic E-state index is 13.6. The number of hydrogen-bond donors (Lipinski definition) is 1. The van der Waals surface area contributed by atoms with Gasteiger partial charge in [-0.1, -0.05) is 76.0 Å². The number of aryl methyl sites for hydroxylation is 1. The third kappa shape index (κ3) is 8.51. The zero-order valence-electron chi connectivity index (χ0n) is 38.4. The monoisotopic (exact) mass is 897 g/mol. The van der Waals surface area contributed by atoms with E-state index in [1.807, 2.05) is 0 Å². The van der Waals surface area contributed by atoms with E-state index in [1.165, 1.54) is 25.5 Å². The number of nitrogens with zero attached hydrogens (tertiary/aromatic N) is 8. The minimum Gasteiger partial charge on any atom is -0.489 e. The van der Waals surface area contributed by atoms with Crippen LogP contribution in [-0.2, 0) is 17.6 Å². The fraction of sp³-hybridized carbons (Fsp3) is 0.490. The molecule has 3 fully saturated rings. The number of carbonyl (C=O) groups excluding carboxylic acids is 2. The van der Waals surface area contributed by atoms with Crippen LogP contribution in [0.15, 0.2) is 73.1 Å². The van der Waals surface area contributed by atoms with Gasteiger partial charge in [0.2, 0.25) is 5.95 Å². The van der Waals surface area contributed by atoms with Gasteiger partial charge in [0, 0.05) is 92.1 Å². The molecule has 14 heteroatoms. The summed E-state index contributed by atoms with van der Waals surface area (Å²) in [6.45, 7) is 15.0. The number of benzene rings is 3. The molecule has 0 bridgehead atoms. The van der Waals surface area contributed by atoms with Crippen molar-refractivity contribution in [3.63, 3.8) is 0 Å². The smallest absolute Gasteiger partial charge is 0.414 e. The molecule has 2 saturated carbocycles. The summed E-state index contributed by atoms with van der Waals surface area (Å²) in [5.74, 6) is 2.67. The second kappa shape index (κ2) is 17.9. The first kappa shape index (κ1) is 44.5. The summed E-state index contributed by atoms with van der Waals surface area (Å²) in [6, 6.07) is 22.3. The van der Waals surface area contributed by atoms with Gasteiger partial charge in [0.1, 0.15) is 23.7 Å². The normalized spacial score (nSPS) is 23.8. The van der Waals surface area contributed by atoms with Gasteiger partial charge in [0.05, 0.1) is 40.0 Å². The Bertz CT molecular complexity index is 2580. The second-order valence-corrected chi connectivity index (χ2v) is 20.2. The Hall–Kier alpha value is -5.71. The quantitative estimate of drug-likeness (QED) is 0.144. The van der Waals surface area contributed by atoms with Crippen LogP contribution in [0.1, 0.15) is 106 Å². The lowest BCUT2D eigenvalue weighted by Gasteiger charge is -2.63. The predicted molar refractivity (Wildman–Crippen MR) is 253 cm³/mol. The lowest BCUT2D eigenvalue weighted by atomic mass is 9.49. The van der Waals surface area contributed by atoms with E-state index in [2.05, 4.69) is 113 Å². The van der Waals surface area contributed by atoms with Crippen molar-refractivity contribution in [3.8, 4) is 11.8 Å².